The third kappa shape index (κ3) is 4.31. The molecular weight excluding hydrogens is 326 g/mol. The van der Waals surface area contributed by atoms with Crippen LogP contribution in [0.4, 0.5) is 0 Å². The summed E-state index contributed by atoms with van der Waals surface area (Å²) < 4.78 is 5.18. The maximum absolute atomic E-state index is 10.7. The van der Waals surface area contributed by atoms with E-state index in [1.807, 2.05) is 29.2 Å². The highest BCUT2D eigenvalue weighted by Crippen LogP contribution is 2.26. The number of hydrogen-bond donors (Lipinski definition) is 1. The van der Waals surface area contributed by atoms with Gasteiger partial charge in [0.2, 0.25) is 0 Å². The van der Waals surface area contributed by atoms with Crippen LogP contribution in [-0.4, -0.2) is 65.7 Å². The van der Waals surface area contributed by atoms with E-state index in [2.05, 4.69) is 10.3 Å². The molecule has 0 amide bonds. The molecule has 1 saturated heterocycles. The van der Waals surface area contributed by atoms with E-state index in [4.69, 9.17) is 14.8 Å². The third-order valence-corrected chi connectivity index (χ3v) is 5.04. The standard InChI is InChI=1S/C17H21N3O3S/c1-23-15-4-2-13(3-5-15)17-18-14(12-24-17)10-19-6-8-20(9-7-19)11-16(21)22/h2-5,12H,6-11H2,1H3,(H,21,22). The van der Waals surface area contributed by atoms with Crippen LogP contribution in [0.1, 0.15) is 5.69 Å². The normalized spacial score (nSPS) is 16.2. The number of aromatic nitrogens is 1. The van der Waals surface area contributed by atoms with Gasteiger partial charge < -0.3 is 9.84 Å². The summed E-state index contributed by atoms with van der Waals surface area (Å²) in [7, 11) is 1.66. The smallest absolute Gasteiger partial charge is 0.317 e. The monoisotopic (exact) mass is 347 g/mol. The zero-order valence-corrected chi connectivity index (χ0v) is 14.5. The molecule has 0 unspecified atom stereocenters. The maximum Gasteiger partial charge on any atom is 0.317 e. The van der Waals surface area contributed by atoms with Crippen molar-refractivity contribution in [2.45, 2.75) is 6.54 Å². The molecule has 0 atom stereocenters. The van der Waals surface area contributed by atoms with Crippen molar-refractivity contribution in [1.29, 1.82) is 0 Å². The molecule has 2 aromatic rings. The van der Waals surface area contributed by atoms with Gasteiger partial charge in [-0.25, -0.2) is 4.98 Å². The molecule has 0 radical (unpaired) electrons. The van der Waals surface area contributed by atoms with Gasteiger partial charge >= 0.3 is 5.97 Å². The van der Waals surface area contributed by atoms with Crippen molar-refractivity contribution in [1.82, 2.24) is 14.8 Å². The first kappa shape index (κ1) is 16.9. The molecule has 1 fully saturated rings. The highest BCUT2D eigenvalue weighted by atomic mass is 32.1. The van der Waals surface area contributed by atoms with Gasteiger partial charge in [0.05, 0.1) is 19.3 Å². The Hall–Kier alpha value is -1.96. The molecule has 1 N–H and O–H groups in total. The van der Waals surface area contributed by atoms with Crippen molar-refractivity contribution >= 4 is 17.3 Å². The Bertz CT molecular complexity index is 679. The molecule has 0 aliphatic carbocycles. The maximum atomic E-state index is 10.7. The number of carboxylic acid groups (broad SMARTS) is 1. The summed E-state index contributed by atoms with van der Waals surface area (Å²) in [6.07, 6.45) is 0. The van der Waals surface area contributed by atoms with E-state index < -0.39 is 5.97 Å². The van der Waals surface area contributed by atoms with Gasteiger partial charge in [-0.05, 0) is 24.3 Å². The topological polar surface area (TPSA) is 65.9 Å². The fraction of sp³-hybridized carbons (Fsp3) is 0.412. The Morgan fingerprint density at radius 1 is 1.21 bits per heavy atom. The lowest BCUT2D eigenvalue weighted by Gasteiger charge is -2.33. The molecule has 1 aromatic carbocycles. The van der Waals surface area contributed by atoms with Gasteiger partial charge in [0.1, 0.15) is 10.8 Å². The first-order chi connectivity index (χ1) is 11.6. The minimum atomic E-state index is -0.757. The van der Waals surface area contributed by atoms with Crippen molar-refractivity contribution < 1.29 is 14.6 Å². The van der Waals surface area contributed by atoms with Crippen LogP contribution in [-0.2, 0) is 11.3 Å². The van der Waals surface area contributed by atoms with E-state index in [-0.39, 0.29) is 6.54 Å². The number of piperazine rings is 1. The molecule has 1 aliphatic heterocycles. The van der Waals surface area contributed by atoms with Crippen molar-refractivity contribution in [2.24, 2.45) is 0 Å². The quantitative estimate of drug-likeness (QED) is 0.862. The van der Waals surface area contributed by atoms with Crippen LogP contribution < -0.4 is 4.74 Å². The van der Waals surface area contributed by atoms with Crippen LogP contribution >= 0.6 is 11.3 Å². The predicted molar refractivity (Wildman–Crippen MR) is 93.5 cm³/mol. The Kier molecular flexibility index (Phi) is 5.44. The number of methoxy groups -OCH3 is 1. The minimum absolute atomic E-state index is 0.131. The molecule has 2 heterocycles. The number of rotatable bonds is 6. The Morgan fingerprint density at radius 2 is 1.88 bits per heavy atom. The summed E-state index contributed by atoms with van der Waals surface area (Å²) in [6.45, 7) is 4.29. The number of carboxylic acids is 1. The van der Waals surface area contributed by atoms with E-state index in [0.29, 0.717) is 0 Å². The van der Waals surface area contributed by atoms with Crippen LogP contribution in [0.25, 0.3) is 10.6 Å². The number of ether oxygens (including phenoxy) is 1. The molecule has 128 valence electrons. The zero-order chi connectivity index (χ0) is 16.9. The summed E-state index contributed by atoms with van der Waals surface area (Å²) in [4.78, 5) is 19.8. The SMILES string of the molecule is COc1ccc(-c2nc(CN3CCN(CC(=O)O)CC3)cs2)cc1. The summed E-state index contributed by atoms with van der Waals surface area (Å²) in [5.41, 5.74) is 2.16. The van der Waals surface area contributed by atoms with E-state index in [1.165, 1.54) is 0 Å². The van der Waals surface area contributed by atoms with Gasteiger partial charge in [0, 0.05) is 43.7 Å². The van der Waals surface area contributed by atoms with Gasteiger partial charge in [0.25, 0.3) is 0 Å². The van der Waals surface area contributed by atoms with Crippen LogP contribution in [0.2, 0.25) is 0 Å². The largest absolute Gasteiger partial charge is 0.497 e. The molecule has 0 bridgehead atoms. The van der Waals surface area contributed by atoms with Gasteiger partial charge in [-0.15, -0.1) is 11.3 Å². The predicted octanol–water partition coefficient (Wildman–Crippen LogP) is 2.02. The molecule has 24 heavy (non-hydrogen) atoms. The molecule has 0 spiro atoms. The molecule has 3 rings (SSSR count). The van der Waals surface area contributed by atoms with Crippen molar-refractivity contribution in [3.63, 3.8) is 0 Å². The Morgan fingerprint density at radius 3 is 2.50 bits per heavy atom. The van der Waals surface area contributed by atoms with E-state index in [0.717, 1.165) is 54.7 Å². The molecule has 7 heteroatoms. The average molecular weight is 347 g/mol. The summed E-state index contributed by atoms with van der Waals surface area (Å²) >= 11 is 1.65. The second kappa shape index (κ2) is 7.74. The number of carbonyl (C=O) groups is 1. The van der Waals surface area contributed by atoms with Gasteiger partial charge in [-0.2, -0.15) is 0 Å². The average Bonchev–Trinajstić information content (AvgIpc) is 3.05. The van der Waals surface area contributed by atoms with Gasteiger partial charge in [-0.3, -0.25) is 14.6 Å². The number of benzene rings is 1. The van der Waals surface area contributed by atoms with Gasteiger partial charge in [-0.1, -0.05) is 0 Å². The molecule has 1 aliphatic rings. The zero-order valence-electron chi connectivity index (χ0n) is 13.6. The first-order valence-corrected chi connectivity index (χ1v) is 8.77. The highest BCUT2D eigenvalue weighted by Gasteiger charge is 2.19. The van der Waals surface area contributed by atoms with Gasteiger partial charge in [0.15, 0.2) is 0 Å². The lowest BCUT2D eigenvalue weighted by Crippen LogP contribution is -2.47. The second-order valence-corrected chi connectivity index (χ2v) is 6.68. The number of thiazole rings is 1. The summed E-state index contributed by atoms with van der Waals surface area (Å²) in [5, 5.41) is 12.0. The molecule has 1 aromatic heterocycles. The van der Waals surface area contributed by atoms with Crippen LogP contribution in [0.3, 0.4) is 0 Å². The lowest BCUT2D eigenvalue weighted by molar-refractivity contribution is -0.138. The number of nitrogens with zero attached hydrogens (tertiary/aromatic N) is 3. The molecule has 0 saturated carbocycles. The van der Waals surface area contributed by atoms with E-state index >= 15 is 0 Å². The fourth-order valence-electron chi connectivity index (χ4n) is 2.77. The lowest BCUT2D eigenvalue weighted by atomic mass is 10.2. The van der Waals surface area contributed by atoms with Crippen LogP contribution in [0.15, 0.2) is 29.6 Å². The Balaban J connectivity index is 1.55. The van der Waals surface area contributed by atoms with Crippen molar-refractivity contribution in [2.75, 3.05) is 39.8 Å². The van der Waals surface area contributed by atoms with E-state index in [9.17, 15) is 4.79 Å². The Labute approximate surface area is 145 Å². The van der Waals surface area contributed by atoms with Crippen LogP contribution in [0, 0.1) is 0 Å². The third-order valence-electron chi connectivity index (χ3n) is 4.10. The van der Waals surface area contributed by atoms with Crippen molar-refractivity contribution in [3.05, 3.63) is 35.3 Å². The van der Waals surface area contributed by atoms with Crippen molar-refractivity contribution in [3.8, 4) is 16.3 Å². The fourth-order valence-corrected chi connectivity index (χ4v) is 3.59. The molecular formula is C17H21N3O3S. The number of aliphatic carboxylic acids is 1. The summed E-state index contributed by atoms with van der Waals surface area (Å²) in [5.74, 6) is 0.0850. The second-order valence-electron chi connectivity index (χ2n) is 5.82. The highest BCUT2D eigenvalue weighted by molar-refractivity contribution is 7.13. The van der Waals surface area contributed by atoms with E-state index in [1.54, 1.807) is 18.4 Å². The van der Waals surface area contributed by atoms with Crippen LogP contribution in [0.5, 0.6) is 5.75 Å². The summed E-state index contributed by atoms with van der Waals surface area (Å²) in [6, 6.07) is 7.92. The molecule has 6 nitrogen and oxygen atoms in total. The minimum Gasteiger partial charge on any atom is -0.497 e. The number of hydrogen-bond acceptors (Lipinski definition) is 6. The first-order valence-electron chi connectivity index (χ1n) is 7.89.